The first-order valence-electron chi connectivity index (χ1n) is 8.25. The Bertz CT molecular complexity index is 538. The van der Waals surface area contributed by atoms with E-state index in [1.165, 1.54) is 13.0 Å². The number of allylic oxidation sites excluding steroid dienone is 8. The summed E-state index contributed by atoms with van der Waals surface area (Å²) >= 11 is 3.35. The second kappa shape index (κ2) is 14.2. The lowest BCUT2D eigenvalue weighted by molar-refractivity contribution is 0.140. The molecule has 0 saturated carbocycles. The van der Waals surface area contributed by atoms with Crippen molar-refractivity contribution in [3.8, 4) is 0 Å². The molecule has 2 nitrogen and oxygen atoms in total. The summed E-state index contributed by atoms with van der Waals surface area (Å²) in [5, 5.41) is 0. The van der Waals surface area contributed by atoms with E-state index in [1.54, 1.807) is 13.0 Å². The zero-order chi connectivity index (χ0) is 19.2. The summed E-state index contributed by atoms with van der Waals surface area (Å²) in [4.78, 5) is 0. The third-order valence-electron chi connectivity index (χ3n) is 3.24. The molecule has 25 heavy (non-hydrogen) atoms. The number of hydrogen-bond donors (Lipinski definition) is 0. The number of halogens is 2. The molecule has 0 aliphatic rings. The quantitative estimate of drug-likeness (QED) is 0.196. The van der Waals surface area contributed by atoms with Gasteiger partial charge in [0.1, 0.15) is 34.2 Å². The summed E-state index contributed by atoms with van der Waals surface area (Å²) in [7, 11) is 11.8. The molecule has 0 bridgehead atoms. The van der Waals surface area contributed by atoms with Crippen molar-refractivity contribution in [1.29, 1.82) is 0 Å². The minimum atomic E-state index is -1.22. The lowest BCUT2D eigenvalue weighted by Crippen LogP contribution is -2.09. The van der Waals surface area contributed by atoms with Gasteiger partial charge in [-0.15, -0.1) is 5.47 Å². The van der Waals surface area contributed by atoms with Crippen LogP contribution in [-0.4, -0.2) is 41.7 Å². The molecule has 0 heterocycles. The van der Waals surface area contributed by atoms with E-state index >= 15 is 0 Å². The van der Waals surface area contributed by atoms with Crippen LogP contribution in [0.4, 0.5) is 4.39 Å². The van der Waals surface area contributed by atoms with Crippen molar-refractivity contribution in [1.82, 2.24) is 0 Å². The predicted molar refractivity (Wildman–Crippen MR) is 110 cm³/mol. The van der Waals surface area contributed by atoms with Crippen molar-refractivity contribution in [3.05, 3.63) is 57.6 Å². The average molecular weight is 407 g/mol. The van der Waals surface area contributed by atoms with Crippen LogP contribution in [0.25, 0.3) is 0 Å². The van der Waals surface area contributed by atoms with Gasteiger partial charge in [-0.05, 0) is 48.2 Å². The summed E-state index contributed by atoms with van der Waals surface area (Å²) in [5.41, 5.74) is 1.70. The van der Waals surface area contributed by atoms with Gasteiger partial charge in [-0.2, -0.15) is 0 Å². The third kappa shape index (κ3) is 11.3. The fourth-order valence-corrected chi connectivity index (χ4v) is 2.01. The Morgan fingerprint density at radius 2 is 2.00 bits per heavy atom. The first-order valence-corrected chi connectivity index (χ1v) is 9.04. The van der Waals surface area contributed by atoms with Crippen molar-refractivity contribution in [3.63, 3.8) is 0 Å². The maximum Gasteiger partial charge on any atom is 0.111 e. The zero-order valence-corrected chi connectivity index (χ0v) is 16.9. The molecular formula is C19H26B2BrFO2. The average Bonchev–Trinajstić information content (AvgIpc) is 2.57. The van der Waals surface area contributed by atoms with Crippen LogP contribution in [0.1, 0.15) is 33.6 Å². The molecular weight excluding hydrogens is 381 g/mol. The highest BCUT2D eigenvalue weighted by atomic mass is 79.9. The van der Waals surface area contributed by atoms with E-state index < -0.39 is 6.17 Å². The van der Waals surface area contributed by atoms with Crippen LogP contribution < -0.4 is 0 Å². The number of hydrogen-bond acceptors (Lipinski definition) is 2. The van der Waals surface area contributed by atoms with Gasteiger partial charge in [-0.25, -0.2) is 4.39 Å². The standard InChI is InChI=1S/C19H26B2BrFO2/c1-5-7-8-9-17(20)16(12-24-10-6-2)13-25-15(4)19(22)11-18(21)14(3)23/h5,7-8,11,14H,1,6,9-10,12-13H2,2-4H3/b8-7?,17-16-,18-11+,19-15-. The fraction of sp³-hybridized carbons (Fsp3) is 0.474. The molecule has 0 fully saturated rings. The smallest absolute Gasteiger partial charge is 0.111 e. The molecule has 0 aromatic heterocycles. The van der Waals surface area contributed by atoms with E-state index in [-0.39, 0.29) is 12.1 Å². The van der Waals surface area contributed by atoms with E-state index in [0.29, 0.717) is 35.3 Å². The molecule has 0 amide bonds. The molecule has 134 valence electrons. The molecule has 0 aromatic carbocycles. The second-order valence-corrected chi connectivity index (χ2v) is 6.36. The van der Waals surface area contributed by atoms with Crippen LogP contribution >= 0.6 is 15.9 Å². The topological polar surface area (TPSA) is 18.5 Å². The van der Waals surface area contributed by atoms with Gasteiger partial charge in [0.15, 0.2) is 0 Å². The largest absolute Gasteiger partial charge is 0.493 e. The summed E-state index contributed by atoms with van der Waals surface area (Å²) in [6.07, 6.45) is 7.28. The highest BCUT2D eigenvalue weighted by molar-refractivity contribution is 9.11. The van der Waals surface area contributed by atoms with Crippen LogP contribution in [0, 0.1) is 0 Å². The first kappa shape index (κ1) is 24.0. The molecule has 0 aromatic rings. The SMILES string of the molecule is [B]/C(=C/C(Br)=C(\C)OC/C(COCCC)=C(\[B])CC=CC=C)C(C)F. The van der Waals surface area contributed by atoms with Crippen molar-refractivity contribution in [2.75, 3.05) is 19.8 Å². The molecule has 0 aliphatic carbocycles. The molecule has 0 rings (SSSR count). The highest BCUT2D eigenvalue weighted by Crippen LogP contribution is 2.19. The highest BCUT2D eigenvalue weighted by Gasteiger charge is 2.07. The summed E-state index contributed by atoms with van der Waals surface area (Å²) in [6, 6.07) is 0. The van der Waals surface area contributed by atoms with Crippen LogP contribution in [0.3, 0.4) is 0 Å². The van der Waals surface area contributed by atoms with E-state index in [4.69, 9.17) is 25.2 Å². The summed E-state index contributed by atoms with van der Waals surface area (Å²) < 4.78 is 25.1. The van der Waals surface area contributed by atoms with Gasteiger partial charge in [-0.1, -0.05) is 43.3 Å². The predicted octanol–water partition coefficient (Wildman–Crippen LogP) is 5.02. The van der Waals surface area contributed by atoms with Gasteiger partial charge in [-0.3, -0.25) is 0 Å². The maximum absolute atomic E-state index is 13.1. The molecule has 0 N–H and O–H groups in total. The minimum absolute atomic E-state index is 0.131. The summed E-state index contributed by atoms with van der Waals surface area (Å²) in [6.45, 7) is 10.2. The van der Waals surface area contributed by atoms with E-state index in [0.717, 1.165) is 12.0 Å². The molecule has 0 spiro atoms. The monoisotopic (exact) mass is 406 g/mol. The van der Waals surface area contributed by atoms with Crippen molar-refractivity contribution < 1.29 is 13.9 Å². The molecule has 0 saturated heterocycles. The minimum Gasteiger partial charge on any atom is -0.493 e. The molecule has 1 unspecified atom stereocenters. The van der Waals surface area contributed by atoms with Crippen LogP contribution in [0.5, 0.6) is 0 Å². The Morgan fingerprint density at radius 1 is 1.32 bits per heavy atom. The molecule has 6 heteroatoms. The zero-order valence-electron chi connectivity index (χ0n) is 15.4. The van der Waals surface area contributed by atoms with Crippen molar-refractivity contribution in [2.24, 2.45) is 0 Å². The van der Waals surface area contributed by atoms with E-state index in [1.807, 2.05) is 19.1 Å². The maximum atomic E-state index is 13.1. The van der Waals surface area contributed by atoms with Gasteiger partial charge in [0, 0.05) is 6.61 Å². The molecule has 0 aliphatic heterocycles. The van der Waals surface area contributed by atoms with Gasteiger partial charge in [0.25, 0.3) is 0 Å². The lowest BCUT2D eigenvalue weighted by Gasteiger charge is -2.15. The normalized spacial score (nSPS) is 15.6. The van der Waals surface area contributed by atoms with E-state index in [2.05, 4.69) is 22.5 Å². The Labute approximate surface area is 162 Å². The summed E-state index contributed by atoms with van der Waals surface area (Å²) in [5.74, 6) is 0.589. The lowest BCUT2D eigenvalue weighted by atomic mass is 9.87. The van der Waals surface area contributed by atoms with Gasteiger partial charge >= 0.3 is 0 Å². The van der Waals surface area contributed by atoms with E-state index in [9.17, 15) is 4.39 Å². The van der Waals surface area contributed by atoms with Crippen LogP contribution in [0.15, 0.2) is 57.6 Å². The van der Waals surface area contributed by atoms with Crippen LogP contribution in [0.2, 0.25) is 0 Å². The number of rotatable bonds is 12. The van der Waals surface area contributed by atoms with Gasteiger partial charge in [0.2, 0.25) is 0 Å². The Kier molecular flexibility index (Phi) is 13.6. The fourth-order valence-electron chi connectivity index (χ4n) is 1.63. The first-order chi connectivity index (χ1) is 11.8. The van der Waals surface area contributed by atoms with Crippen molar-refractivity contribution in [2.45, 2.75) is 39.8 Å². The number of alkyl halides is 1. The molecule has 1 atom stereocenters. The third-order valence-corrected chi connectivity index (χ3v) is 4.03. The van der Waals surface area contributed by atoms with Gasteiger partial charge < -0.3 is 9.47 Å². The number of ether oxygens (including phenoxy) is 2. The Hall–Kier alpha value is -1.00. The molecule has 4 radical (unpaired) electrons. The second-order valence-electron chi connectivity index (χ2n) is 5.50. The van der Waals surface area contributed by atoms with Crippen LogP contribution in [-0.2, 0) is 9.47 Å². The van der Waals surface area contributed by atoms with Gasteiger partial charge in [0.05, 0.1) is 11.1 Å². The Balaban J connectivity index is 5.06. The van der Waals surface area contributed by atoms with Crippen molar-refractivity contribution >= 4 is 31.6 Å². The Morgan fingerprint density at radius 3 is 2.56 bits per heavy atom.